The van der Waals surface area contributed by atoms with E-state index < -0.39 is 5.60 Å². The van der Waals surface area contributed by atoms with Gasteiger partial charge in [0.05, 0.1) is 5.60 Å². The van der Waals surface area contributed by atoms with Gasteiger partial charge in [0.25, 0.3) is 0 Å². The van der Waals surface area contributed by atoms with Crippen molar-refractivity contribution in [2.75, 3.05) is 13.6 Å². The van der Waals surface area contributed by atoms with Crippen LogP contribution in [0.3, 0.4) is 0 Å². The average molecular weight is 239 g/mol. The number of likely N-dealkylation sites (N-methyl/N-ethyl adjacent to an activating group) is 1. The molecule has 1 aromatic carbocycles. The monoisotopic (exact) mass is 239 g/mol. The average Bonchev–Trinajstić information content (AvgIpc) is 2.28. The van der Waals surface area contributed by atoms with Gasteiger partial charge in [0.1, 0.15) is 5.82 Å². The summed E-state index contributed by atoms with van der Waals surface area (Å²) in [5.41, 5.74) is 0.296. The van der Waals surface area contributed by atoms with Crippen molar-refractivity contribution in [3.05, 3.63) is 35.6 Å². The summed E-state index contributed by atoms with van der Waals surface area (Å²) in [7, 11) is 1.95. The first-order valence-electron chi connectivity index (χ1n) is 6.14. The van der Waals surface area contributed by atoms with E-state index >= 15 is 0 Å². The van der Waals surface area contributed by atoms with Crippen LogP contribution in [0.1, 0.15) is 32.3 Å². The van der Waals surface area contributed by atoms with Crippen LogP contribution >= 0.6 is 0 Å². The van der Waals surface area contributed by atoms with Crippen LogP contribution in [0, 0.1) is 5.82 Å². The van der Waals surface area contributed by atoms with Gasteiger partial charge in [0.15, 0.2) is 0 Å². The first kappa shape index (κ1) is 14.1. The molecule has 0 aliphatic heterocycles. The Morgan fingerprint density at radius 1 is 1.29 bits per heavy atom. The lowest BCUT2D eigenvalue weighted by molar-refractivity contribution is 0.00130. The maximum atomic E-state index is 13.0. The van der Waals surface area contributed by atoms with Gasteiger partial charge in [-0.15, -0.1) is 0 Å². The molecule has 1 N–H and O–H groups in total. The van der Waals surface area contributed by atoms with Gasteiger partial charge < -0.3 is 5.11 Å². The summed E-state index contributed by atoms with van der Waals surface area (Å²) in [5, 5.41) is 10.2. The molecule has 0 heterocycles. The van der Waals surface area contributed by atoms with E-state index in [1.165, 1.54) is 12.1 Å². The smallest absolute Gasteiger partial charge is 0.123 e. The lowest BCUT2D eigenvalue weighted by Crippen LogP contribution is -2.40. The van der Waals surface area contributed by atoms with Gasteiger partial charge in [-0.2, -0.15) is 0 Å². The predicted octanol–water partition coefficient (Wildman–Crippen LogP) is 2.81. The van der Waals surface area contributed by atoms with E-state index in [0.717, 1.165) is 18.4 Å². The van der Waals surface area contributed by atoms with E-state index in [1.807, 2.05) is 31.9 Å². The Morgan fingerprint density at radius 3 is 2.47 bits per heavy atom. The Kier molecular flexibility index (Phi) is 5.09. The molecule has 0 bridgehead atoms. The third-order valence-corrected chi connectivity index (χ3v) is 3.22. The molecule has 0 amide bonds. The van der Waals surface area contributed by atoms with E-state index in [9.17, 15) is 9.50 Å². The standard InChI is InChI=1S/C14H22FNO/c1-4-14(17,5-2)11-16(3)10-12-7-6-8-13(15)9-12/h6-9,17H,4-5,10-11H2,1-3H3. The van der Waals surface area contributed by atoms with Crippen molar-refractivity contribution >= 4 is 0 Å². The molecule has 0 unspecified atom stereocenters. The van der Waals surface area contributed by atoms with Crippen molar-refractivity contribution in [2.24, 2.45) is 0 Å². The number of rotatable bonds is 6. The molecule has 0 fully saturated rings. The van der Waals surface area contributed by atoms with Crippen LogP contribution < -0.4 is 0 Å². The van der Waals surface area contributed by atoms with Crippen molar-refractivity contribution in [3.63, 3.8) is 0 Å². The van der Waals surface area contributed by atoms with Crippen LogP contribution in [0.2, 0.25) is 0 Å². The summed E-state index contributed by atoms with van der Waals surface area (Å²) >= 11 is 0. The van der Waals surface area contributed by atoms with Gasteiger partial charge in [-0.25, -0.2) is 4.39 Å². The quantitative estimate of drug-likeness (QED) is 0.825. The highest BCUT2D eigenvalue weighted by molar-refractivity contribution is 5.16. The van der Waals surface area contributed by atoms with E-state index in [2.05, 4.69) is 0 Å². The molecule has 1 rings (SSSR count). The second-order valence-corrected chi connectivity index (χ2v) is 4.73. The molecule has 17 heavy (non-hydrogen) atoms. The number of nitrogens with zero attached hydrogens (tertiary/aromatic N) is 1. The van der Waals surface area contributed by atoms with Gasteiger partial charge in [-0.05, 0) is 37.6 Å². The molecule has 0 aliphatic carbocycles. The highest BCUT2D eigenvalue weighted by Crippen LogP contribution is 2.17. The lowest BCUT2D eigenvalue weighted by Gasteiger charge is -2.30. The minimum absolute atomic E-state index is 0.211. The summed E-state index contributed by atoms with van der Waals surface area (Å²) in [6.07, 6.45) is 1.47. The largest absolute Gasteiger partial charge is 0.389 e. The Balaban J connectivity index is 2.58. The van der Waals surface area contributed by atoms with Crippen LogP contribution in [0.5, 0.6) is 0 Å². The maximum absolute atomic E-state index is 13.0. The second-order valence-electron chi connectivity index (χ2n) is 4.73. The van der Waals surface area contributed by atoms with Gasteiger partial charge in [-0.3, -0.25) is 4.90 Å². The van der Waals surface area contributed by atoms with Crippen LogP contribution in [0.4, 0.5) is 4.39 Å². The zero-order valence-electron chi connectivity index (χ0n) is 10.9. The zero-order valence-corrected chi connectivity index (χ0v) is 10.9. The Morgan fingerprint density at radius 2 is 1.94 bits per heavy atom. The number of halogens is 1. The van der Waals surface area contributed by atoms with E-state index in [-0.39, 0.29) is 5.82 Å². The highest BCUT2D eigenvalue weighted by Gasteiger charge is 2.23. The van der Waals surface area contributed by atoms with Crippen molar-refractivity contribution in [2.45, 2.75) is 38.8 Å². The molecule has 0 saturated carbocycles. The van der Waals surface area contributed by atoms with Crippen LogP contribution in [0.15, 0.2) is 24.3 Å². The number of benzene rings is 1. The SMILES string of the molecule is CCC(O)(CC)CN(C)Cc1cccc(F)c1. The van der Waals surface area contributed by atoms with E-state index in [0.29, 0.717) is 13.1 Å². The maximum Gasteiger partial charge on any atom is 0.123 e. The highest BCUT2D eigenvalue weighted by atomic mass is 19.1. The summed E-state index contributed by atoms with van der Waals surface area (Å²) in [6.45, 7) is 5.23. The summed E-state index contributed by atoms with van der Waals surface area (Å²) in [5.74, 6) is -0.211. The summed E-state index contributed by atoms with van der Waals surface area (Å²) < 4.78 is 13.0. The second kappa shape index (κ2) is 6.12. The van der Waals surface area contributed by atoms with Gasteiger partial charge >= 0.3 is 0 Å². The molecule has 2 nitrogen and oxygen atoms in total. The van der Waals surface area contributed by atoms with Crippen molar-refractivity contribution < 1.29 is 9.50 Å². The van der Waals surface area contributed by atoms with Crippen molar-refractivity contribution in [1.82, 2.24) is 4.90 Å². The van der Waals surface area contributed by atoms with E-state index in [1.54, 1.807) is 6.07 Å². The fraction of sp³-hybridized carbons (Fsp3) is 0.571. The van der Waals surface area contributed by atoms with Crippen LogP contribution in [-0.2, 0) is 6.54 Å². The first-order valence-corrected chi connectivity index (χ1v) is 6.14. The molecule has 1 aromatic rings. The number of hydrogen-bond acceptors (Lipinski definition) is 2. The molecule has 3 heteroatoms. The van der Waals surface area contributed by atoms with Crippen LogP contribution in [-0.4, -0.2) is 29.2 Å². The minimum Gasteiger partial charge on any atom is -0.389 e. The molecular formula is C14H22FNO. The van der Waals surface area contributed by atoms with E-state index in [4.69, 9.17) is 0 Å². The molecule has 0 aromatic heterocycles. The van der Waals surface area contributed by atoms with Gasteiger partial charge in [-0.1, -0.05) is 26.0 Å². The normalized spacial score (nSPS) is 12.1. The summed E-state index contributed by atoms with van der Waals surface area (Å²) in [4.78, 5) is 2.03. The third kappa shape index (κ3) is 4.44. The fourth-order valence-corrected chi connectivity index (χ4v) is 1.98. The summed E-state index contributed by atoms with van der Waals surface area (Å²) in [6, 6.07) is 6.59. The Labute approximate surface area is 103 Å². The Hall–Kier alpha value is -0.930. The van der Waals surface area contributed by atoms with Crippen LogP contribution in [0.25, 0.3) is 0 Å². The molecular weight excluding hydrogens is 217 g/mol. The van der Waals surface area contributed by atoms with Gasteiger partial charge in [0.2, 0.25) is 0 Å². The van der Waals surface area contributed by atoms with Crippen molar-refractivity contribution in [1.29, 1.82) is 0 Å². The fourth-order valence-electron chi connectivity index (χ4n) is 1.98. The Bertz CT molecular complexity index is 350. The zero-order chi connectivity index (χ0) is 12.9. The van der Waals surface area contributed by atoms with Crippen molar-refractivity contribution in [3.8, 4) is 0 Å². The van der Waals surface area contributed by atoms with Gasteiger partial charge in [0, 0.05) is 13.1 Å². The molecule has 0 atom stereocenters. The first-order chi connectivity index (χ1) is 7.99. The third-order valence-electron chi connectivity index (χ3n) is 3.22. The molecule has 0 spiro atoms. The number of aliphatic hydroxyl groups is 1. The topological polar surface area (TPSA) is 23.5 Å². The molecule has 0 aliphatic rings. The molecule has 0 radical (unpaired) electrons. The number of hydrogen-bond donors (Lipinski definition) is 1. The predicted molar refractivity (Wildman–Crippen MR) is 68.3 cm³/mol. The minimum atomic E-state index is -0.637. The molecule has 96 valence electrons. The lowest BCUT2D eigenvalue weighted by atomic mass is 9.97. The molecule has 0 saturated heterocycles.